The highest BCUT2D eigenvalue weighted by Crippen LogP contribution is 2.21. The number of nitrogens with one attached hydrogen (secondary N) is 1. The van der Waals surface area contributed by atoms with E-state index in [0.29, 0.717) is 18.5 Å². The third-order valence-corrected chi connectivity index (χ3v) is 3.64. The first-order valence-electron chi connectivity index (χ1n) is 7.46. The van der Waals surface area contributed by atoms with Crippen molar-refractivity contribution in [3.8, 4) is 5.88 Å². The average molecular weight is 345 g/mol. The minimum absolute atomic E-state index is 0.0257. The van der Waals surface area contributed by atoms with Crippen LogP contribution in [0.1, 0.15) is 25.3 Å². The Morgan fingerprint density at radius 2 is 2.21 bits per heavy atom. The van der Waals surface area contributed by atoms with Gasteiger partial charge in [-0.15, -0.1) is 0 Å². The topological polar surface area (TPSA) is 71.5 Å². The standard InChI is InChI=1S/C15H18F3N3O3/c1-10(22)21-7-3-5-12(21)13(23)20-8-11-4-2-6-19-14(11)24-9-15(16,17)18/h2,4,6,12H,3,5,7-9H2,1H3,(H,20,23)/t12-/m0/s1. The molecule has 0 radical (unpaired) electrons. The smallest absolute Gasteiger partial charge is 0.422 e. The lowest BCUT2D eigenvalue weighted by molar-refractivity contribution is -0.154. The number of alkyl halides is 3. The summed E-state index contributed by atoms with van der Waals surface area (Å²) in [6.45, 7) is 0.448. The third kappa shape index (κ3) is 4.84. The number of pyridine rings is 1. The van der Waals surface area contributed by atoms with Crippen molar-refractivity contribution in [3.05, 3.63) is 23.9 Å². The maximum absolute atomic E-state index is 12.3. The summed E-state index contributed by atoms with van der Waals surface area (Å²) >= 11 is 0. The quantitative estimate of drug-likeness (QED) is 0.881. The fraction of sp³-hybridized carbons (Fsp3) is 0.533. The van der Waals surface area contributed by atoms with Crippen LogP contribution in [-0.4, -0.2) is 47.1 Å². The van der Waals surface area contributed by atoms with Crippen LogP contribution < -0.4 is 10.1 Å². The maximum atomic E-state index is 12.3. The van der Waals surface area contributed by atoms with E-state index >= 15 is 0 Å². The lowest BCUT2D eigenvalue weighted by Crippen LogP contribution is -2.44. The number of amides is 2. The van der Waals surface area contributed by atoms with E-state index < -0.39 is 18.8 Å². The van der Waals surface area contributed by atoms with E-state index in [-0.39, 0.29) is 24.2 Å². The molecule has 0 aromatic carbocycles. The Hall–Kier alpha value is -2.32. The van der Waals surface area contributed by atoms with Crippen LogP contribution in [0.15, 0.2) is 18.3 Å². The Labute approximate surface area is 137 Å². The van der Waals surface area contributed by atoms with Crippen molar-refractivity contribution < 1.29 is 27.5 Å². The number of ether oxygens (including phenoxy) is 1. The largest absolute Gasteiger partial charge is 0.468 e. The van der Waals surface area contributed by atoms with Gasteiger partial charge in [0.15, 0.2) is 6.61 Å². The molecule has 0 aliphatic carbocycles. The van der Waals surface area contributed by atoms with Crippen LogP contribution in [-0.2, 0) is 16.1 Å². The molecule has 2 amide bonds. The molecule has 2 rings (SSSR count). The Balaban J connectivity index is 1.96. The molecule has 0 spiro atoms. The van der Waals surface area contributed by atoms with Crippen LogP contribution in [0.2, 0.25) is 0 Å². The van der Waals surface area contributed by atoms with Crippen molar-refractivity contribution >= 4 is 11.8 Å². The van der Waals surface area contributed by atoms with Crippen molar-refractivity contribution in [2.45, 2.75) is 38.5 Å². The van der Waals surface area contributed by atoms with Crippen LogP contribution >= 0.6 is 0 Å². The van der Waals surface area contributed by atoms with Crippen LogP contribution in [0, 0.1) is 0 Å². The monoisotopic (exact) mass is 345 g/mol. The van der Waals surface area contributed by atoms with Gasteiger partial charge < -0.3 is 15.0 Å². The number of likely N-dealkylation sites (tertiary alicyclic amines) is 1. The Morgan fingerprint density at radius 1 is 1.46 bits per heavy atom. The predicted molar refractivity (Wildman–Crippen MR) is 78.0 cm³/mol. The second-order valence-electron chi connectivity index (χ2n) is 5.46. The van der Waals surface area contributed by atoms with E-state index in [1.54, 1.807) is 6.07 Å². The zero-order valence-electron chi connectivity index (χ0n) is 13.1. The van der Waals surface area contributed by atoms with Gasteiger partial charge >= 0.3 is 6.18 Å². The van der Waals surface area contributed by atoms with Crippen LogP contribution in [0.4, 0.5) is 13.2 Å². The van der Waals surface area contributed by atoms with Gasteiger partial charge in [0.1, 0.15) is 6.04 Å². The van der Waals surface area contributed by atoms with E-state index in [4.69, 9.17) is 0 Å². The Morgan fingerprint density at radius 3 is 2.88 bits per heavy atom. The van der Waals surface area contributed by atoms with E-state index in [1.165, 1.54) is 24.1 Å². The molecule has 0 bridgehead atoms. The molecule has 1 aromatic heterocycles. The number of rotatable bonds is 5. The van der Waals surface area contributed by atoms with Crippen molar-refractivity contribution in [2.75, 3.05) is 13.2 Å². The highest BCUT2D eigenvalue weighted by atomic mass is 19.4. The fourth-order valence-electron chi connectivity index (χ4n) is 2.56. The zero-order valence-corrected chi connectivity index (χ0v) is 13.1. The van der Waals surface area contributed by atoms with Crippen LogP contribution in [0.25, 0.3) is 0 Å². The van der Waals surface area contributed by atoms with Gasteiger partial charge in [-0.1, -0.05) is 6.07 Å². The molecule has 1 N–H and O–H groups in total. The SMILES string of the molecule is CC(=O)N1CCC[C@H]1C(=O)NCc1cccnc1OCC(F)(F)F. The Kier molecular flexibility index (Phi) is 5.63. The van der Waals surface area contributed by atoms with E-state index in [1.807, 2.05) is 0 Å². The molecular weight excluding hydrogens is 327 g/mol. The molecule has 9 heteroatoms. The highest BCUT2D eigenvalue weighted by molar-refractivity contribution is 5.87. The first kappa shape index (κ1) is 18.0. The minimum atomic E-state index is -4.47. The number of aromatic nitrogens is 1. The van der Waals surface area contributed by atoms with E-state index in [0.717, 1.165) is 6.42 Å². The summed E-state index contributed by atoms with van der Waals surface area (Å²) in [7, 11) is 0. The minimum Gasteiger partial charge on any atom is -0.468 e. The molecule has 1 saturated heterocycles. The van der Waals surface area contributed by atoms with Gasteiger partial charge in [-0.25, -0.2) is 4.98 Å². The number of nitrogens with zero attached hydrogens (tertiary/aromatic N) is 2. The molecule has 1 aliphatic rings. The lowest BCUT2D eigenvalue weighted by atomic mass is 10.2. The van der Waals surface area contributed by atoms with Gasteiger partial charge in [0.05, 0.1) is 0 Å². The molecule has 1 atom stereocenters. The summed E-state index contributed by atoms with van der Waals surface area (Å²) in [4.78, 5) is 28.9. The summed E-state index contributed by atoms with van der Waals surface area (Å²) in [5, 5.41) is 2.63. The van der Waals surface area contributed by atoms with E-state index in [9.17, 15) is 22.8 Å². The van der Waals surface area contributed by atoms with Gasteiger partial charge in [-0.3, -0.25) is 9.59 Å². The fourth-order valence-corrected chi connectivity index (χ4v) is 2.56. The average Bonchev–Trinajstić information content (AvgIpc) is 3.00. The molecule has 24 heavy (non-hydrogen) atoms. The van der Waals surface area contributed by atoms with Crippen molar-refractivity contribution in [1.29, 1.82) is 0 Å². The molecule has 1 aromatic rings. The van der Waals surface area contributed by atoms with Gasteiger partial charge in [0, 0.05) is 31.8 Å². The molecule has 0 unspecified atom stereocenters. The van der Waals surface area contributed by atoms with E-state index in [2.05, 4.69) is 15.0 Å². The first-order chi connectivity index (χ1) is 11.3. The van der Waals surface area contributed by atoms with Gasteiger partial charge in [-0.2, -0.15) is 13.2 Å². The van der Waals surface area contributed by atoms with Crippen molar-refractivity contribution in [2.24, 2.45) is 0 Å². The summed E-state index contributed by atoms with van der Waals surface area (Å²) in [5.41, 5.74) is 0.336. The number of hydrogen-bond acceptors (Lipinski definition) is 4. The summed E-state index contributed by atoms with van der Waals surface area (Å²) in [6, 6.07) is 2.52. The molecule has 1 fully saturated rings. The molecule has 1 aliphatic heterocycles. The number of carbonyl (C=O) groups is 2. The number of halogens is 3. The predicted octanol–water partition coefficient (Wildman–Crippen LogP) is 1.65. The third-order valence-electron chi connectivity index (χ3n) is 3.64. The highest BCUT2D eigenvalue weighted by Gasteiger charge is 2.32. The summed E-state index contributed by atoms with van der Waals surface area (Å²) in [5.74, 6) is -0.693. The zero-order chi connectivity index (χ0) is 17.7. The van der Waals surface area contributed by atoms with Gasteiger partial charge in [0.25, 0.3) is 0 Å². The maximum Gasteiger partial charge on any atom is 0.422 e. The van der Waals surface area contributed by atoms with Crippen molar-refractivity contribution in [1.82, 2.24) is 15.2 Å². The number of hydrogen-bond donors (Lipinski definition) is 1. The Bertz CT molecular complexity index is 607. The van der Waals surface area contributed by atoms with Gasteiger partial charge in [0.2, 0.25) is 17.7 Å². The summed E-state index contributed by atoms with van der Waals surface area (Å²) in [6.07, 6.45) is -1.85. The normalized spacial score (nSPS) is 17.7. The molecule has 132 valence electrons. The summed E-state index contributed by atoms with van der Waals surface area (Å²) < 4.78 is 41.4. The molecule has 6 nitrogen and oxygen atoms in total. The molecule has 2 heterocycles. The van der Waals surface area contributed by atoms with Crippen molar-refractivity contribution in [3.63, 3.8) is 0 Å². The van der Waals surface area contributed by atoms with Gasteiger partial charge in [-0.05, 0) is 18.9 Å². The lowest BCUT2D eigenvalue weighted by Gasteiger charge is -2.22. The van der Waals surface area contributed by atoms with Crippen LogP contribution in [0.5, 0.6) is 5.88 Å². The number of carbonyl (C=O) groups excluding carboxylic acids is 2. The second-order valence-corrected chi connectivity index (χ2v) is 5.46. The molecular formula is C15H18F3N3O3. The van der Waals surface area contributed by atoms with Crippen LogP contribution in [0.3, 0.4) is 0 Å². The second kappa shape index (κ2) is 7.50. The molecule has 0 saturated carbocycles. The first-order valence-corrected chi connectivity index (χ1v) is 7.46.